The quantitative estimate of drug-likeness (QED) is 0.545. The minimum Gasteiger partial charge on any atom is -0.466 e. The SMILES string of the molecule is CC(=O)Nc1ccc(S(=O)(=O)NCC(O)(c2ccco2)c2cccs2)c(C)c1. The highest BCUT2D eigenvalue weighted by molar-refractivity contribution is 7.89. The molecule has 1 unspecified atom stereocenters. The lowest BCUT2D eigenvalue weighted by Gasteiger charge is -2.25. The Labute approximate surface area is 167 Å². The number of carbonyl (C=O) groups is 1. The van der Waals surface area contributed by atoms with Crippen LogP contribution in [0.2, 0.25) is 0 Å². The topological polar surface area (TPSA) is 109 Å². The molecule has 0 saturated heterocycles. The number of anilines is 1. The molecule has 0 fully saturated rings. The van der Waals surface area contributed by atoms with Crippen molar-refractivity contribution in [3.8, 4) is 0 Å². The van der Waals surface area contributed by atoms with Gasteiger partial charge in [-0.05, 0) is 54.3 Å². The van der Waals surface area contributed by atoms with Gasteiger partial charge in [-0.2, -0.15) is 0 Å². The lowest BCUT2D eigenvalue weighted by Crippen LogP contribution is -2.41. The third-order valence-electron chi connectivity index (χ3n) is 4.16. The van der Waals surface area contributed by atoms with E-state index in [1.165, 1.54) is 36.7 Å². The molecule has 0 aliphatic carbocycles. The molecule has 0 aliphatic rings. The van der Waals surface area contributed by atoms with Crippen LogP contribution < -0.4 is 10.0 Å². The van der Waals surface area contributed by atoms with Gasteiger partial charge in [0.15, 0.2) is 5.60 Å². The first-order chi connectivity index (χ1) is 13.2. The number of sulfonamides is 1. The summed E-state index contributed by atoms with van der Waals surface area (Å²) in [7, 11) is -3.91. The summed E-state index contributed by atoms with van der Waals surface area (Å²) < 4.78 is 33.5. The normalized spacial score (nSPS) is 13.8. The van der Waals surface area contributed by atoms with Gasteiger partial charge in [-0.3, -0.25) is 4.79 Å². The number of furan rings is 1. The Balaban J connectivity index is 1.87. The van der Waals surface area contributed by atoms with Gasteiger partial charge in [0.1, 0.15) is 5.76 Å². The summed E-state index contributed by atoms with van der Waals surface area (Å²) in [5.74, 6) is 0.00275. The van der Waals surface area contributed by atoms with E-state index >= 15 is 0 Å². The van der Waals surface area contributed by atoms with Gasteiger partial charge in [0.2, 0.25) is 15.9 Å². The Hall–Kier alpha value is -2.46. The van der Waals surface area contributed by atoms with Gasteiger partial charge in [-0.1, -0.05) is 6.07 Å². The molecule has 2 heterocycles. The second kappa shape index (κ2) is 7.88. The third-order valence-corrected chi connectivity index (χ3v) is 6.74. The zero-order valence-electron chi connectivity index (χ0n) is 15.3. The van der Waals surface area contributed by atoms with Crippen molar-refractivity contribution in [3.63, 3.8) is 0 Å². The molecule has 1 amide bonds. The fourth-order valence-electron chi connectivity index (χ4n) is 2.83. The number of thiophene rings is 1. The van der Waals surface area contributed by atoms with E-state index in [0.29, 0.717) is 16.1 Å². The number of hydrogen-bond acceptors (Lipinski definition) is 6. The van der Waals surface area contributed by atoms with Gasteiger partial charge < -0.3 is 14.8 Å². The fourth-order valence-corrected chi connectivity index (χ4v) is 4.95. The number of rotatable bonds is 7. The van der Waals surface area contributed by atoms with Gasteiger partial charge in [-0.25, -0.2) is 13.1 Å². The van der Waals surface area contributed by atoms with Crippen LogP contribution in [-0.4, -0.2) is 26.0 Å². The zero-order chi connectivity index (χ0) is 20.4. The van der Waals surface area contributed by atoms with E-state index in [4.69, 9.17) is 4.42 Å². The summed E-state index contributed by atoms with van der Waals surface area (Å²) in [6.07, 6.45) is 1.42. The van der Waals surface area contributed by atoms with Crippen molar-refractivity contribution in [2.24, 2.45) is 0 Å². The number of benzene rings is 1. The lowest BCUT2D eigenvalue weighted by molar-refractivity contribution is -0.114. The van der Waals surface area contributed by atoms with Crippen LogP contribution in [0.5, 0.6) is 0 Å². The molecule has 7 nitrogen and oxygen atoms in total. The molecule has 0 aliphatic heterocycles. The summed E-state index contributed by atoms with van der Waals surface area (Å²) in [5.41, 5.74) is -0.652. The number of hydrogen-bond donors (Lipinski definition) is 3. The second-order valence-corrected chi connectivity index (χ2v) is 8.98. The minimum absolute atomic E-state index is 0.0644. The first-order valence-electron chi connectivity index (χ1n) is 8.40. The number of nitrogens with one attached hydrogen (secondary N) is 2. The highest BCUT2D eigenvalue weighted by Crippen LogP contribution is 2.33. The minimum atomic E-state index is -3.91. The monoisotopic (exact) mass is 420 g/mol. The lowest BCUT2D eigenvalue weighted by atomic mass is 9.99. The standard InChI is InChI=1S/C19H20N2O5S2/c1-13-11-15(21-14(2)22)7-8-16(13)28(24,25)20-12-19(23,17-5-3-9-26-17)18-6-4-10-27-18/h3-11,20,23H,12H2,1-2H3,(H,21,22). The molecule has 1 atom stereocenters. The molecular formula is C19H20N2O5S2. The van der Waals surface area contributed by atoms with Gasteiger partial charge in [0.05, 0.1) is 17.7 Å². The van der Waals surface area contributed by atoms with E-state index in [9.17, 15) is 18.3 Å². The van der Waals surface area contributed by atoms with Crippen LogP contribution in [0.1, 0.15) is 23.1 Å². The van der Waals surface area contributed by atoms with Crippen LogP contribution in [0, 0.1) is 6.92 Å². The Morgan fingerprint density at radius 3 is 2.61 bits per heavy atom. The predicted molar refractivity (Wildman–Crippen MR) is 107 cm³/mol. The van der Waals surface area contributed by atoms with Crippen molar-refractivity contribution < 1.29 is 22.7 Å². The van der Waals surface area contributed by atoms with Crippen molar-refractivity contribution in [1.82, 2.24) is 4.72 Å². The predicted octanol–water partition coefficient (Wildman–Crippen LogP) is 2.82. The smallest absolute Gasteiger partial charge is 0.240 e. The number of aliphatic hydroxyl groups is 1. The van der Waals surface area contributed by atoms with Crippen LogP contribution in [0.25, 0.3) is 0 Å². The molecule has 0 spiro atoms. The fraction of sp³-hybridized carbons (Fsp3) is 0.211. The number of aryl methyl sites for hydroxylation is 1. The van der Waals surface area contributed by atoms with Crippen LogP contribution >= 0.6 is 11.3 Å². The Morgan fingerprint density at radius 1 is 1.25 bits per heavy atom. The maximum absolute atomic E-state index is 12.8. The molecule has 1 aromatic carbocycles. The van der Waals surface area contributed by atoms with E-state index in [0.717, 1.165) is 0 Å². The van der Waals surface area contributed by atoms with E-state index in [1.54, 1.807) is 42.6 Å². The van der Waals surface area contributed by atoms with Gasteiger partial charge in [0.25, 0.3) is 0 Å². The molecule has 3 rings (SSSR count). The summed E-state index contributed by atoms with van der Waals surface area (Å²) in [5, 5.41) is 15.6. The summed E-state index contributed by atoms with van der Waals surface area (Å²) in [6.45, 7) is 2.72. The van der Waals surface area contributed by atoms with Crippen molar-refractivity contribution in [1.29, 1.82) is 0 Å². The van der Waals surface area contributed by atoms with Crippen molar-refractivity contribution >= 4 is 33.0 Å². The van der Waals surface area contributed by atoms with Gasteiger partial charge >= 0.3 is 0 Å². The first kappa shape index (κ1) is 20.3. The summed E-state index contributed by atoms with van der Waals surface area (Å²) in [6, 6.07) is 11.2. The van der Waals surface area contributed by atoms with Gasteiger partial charge in [0, 0.05) is 17.5 Å². The van der Waals surface area contributed by atoms with Crippen LogP contribution in [-0.2, 0) is 20.4 Å². The Morgan fingerprint density at radius 2 is 2.04 bits per heavy atom. The second-order valence-electron chi connectivity index (χ2n) is 6.30. The molecule has 0 bridgehead atoms. The maximum Gasteiger partial charge on any atom is 0.240 e. The first-order valence-corrected chi connectivity index (χ1v) is 10.8. The molecule has 148 valence electrons. The van der Waals surface area contributed by atoms with E-state index < -0.39 is 15.6 Å². The molecule has 28 heavy (non-hydrogen) atoms. The highest BCUT2D eigenvalue weighted by atomic mass is 32.2. The molecule has 3 aromatic rings. The zero-order valence-corrected chi connectivity index (χ0v) is 16.9. The average Bonchev–Trinajstić information content (AvgIpc) is 3.33. The Kier molecular flexibility index (Phi) is 5.71. The summed E-state index contributed by atoms with van der Waals surface area (Å²) in [4.78, 5) is 11.8. The molecule has 0 saturated carbocycles. The van der Waals surface area contributed by atoms with Gasteiger partial charge in [-0.15, -0.1) is 11.3 Å². The maximum atomic E-state index is 12.8. The van der Waals surface area contributed by atoms with Crippen LogP contribution in [0.15, 0.2) is 63.4 Å². The van der Waals surface area contributed by atoms with Crippen LogP contribution in [0.3, 0.4) is 0 Å². The van der Waals surface area contributed by atoms with E-state index in [-0.39, 0.29) is 23.1 Å². The van der Waals surface area contributed by atoms with E-state index in [1.807, 2.05) is 0 Å². The van der Waals surface area contributed by atoms with Crippen molar-refractivity contribution in [3.05, 3.63) is 70.3 Å². The molecular weight excluding hydrogens is 400 g/mol. The average molecular weight is 421 g/mol. The highest BCUT2D eigenvalue weighted by Gasteiger charge is 2.37. The molecule has 2 aromatic heterocycles. The molecule has 3 N–H and O–H groups in total. The number of amides is 1. The number of carbonyl (C=O) groups excluding carboxylic acids is 1. The molecule has 0 radical (unpaired) electrons. The third kappa shape index (κ3) is 4.17. The van der Waals surface area contributed by atoms with E-state index in [2.05, 4.69) is 10.0 Å². The van der Waals surface area contributed by atoms with Crippen LogP contribution in [0.4, 0.5) is 5.69 Å². The largest absolute Gasteiger partial charge is 0.466 e. The van der Waals surface area contributed by atoms with Crippen molar-refractivity contribution in [2.75, 3.05) is 11.9 Å². The summed E-state index contributed by atoms with van der Waals surface area (Å²) >= 11 is 1.30. The Bertz CT molecular complexity index is 1020. The molecule has 9 heteroatoms. The van der Waals surface area contributed by atoms with Crippen molar-refractivity contribution in [2.45, 2.75) is 24.3 Å².